The van der Waals surface area contributed by atoms with Gasteiger partial charge in [0.05, 0.1) is 0 Å². The number of pyridine rings is 1. The summed E-state index contributed by atoms with van der Waals surface area (Å²) in [4.78, 5) is 36.9. The summed E-state index contributed by atoms with van der Waals surface area (Å²) in [5.74, 6) is 0.532. The number of amides is 1. The SMILES string of the molecule is C=CC(=O)N1CCC(Cn2c(=O)c(-c3ccccc3)cc3cnc(NC4=CCC[N+](C)=C4)nc32)C1.CO. The van der Waals surface area contributed by atoms with E-state index < -0.39 is 0 Å². The third-order valence-corrected chi connectivity index (χ3v) is 6.59. The maximum absolute atomic E-state index is 13.7. The molecule has 1 saturated heterocycles. The average Bonchev–Trinajstić information content (AvgIpc) is 3.40. The summed E-state index contributed by atoms with van der Waals surface area (Å²) in [5.41, 5.74) is 2.90. The number of aliphatic hydroxyl groups is 1. The van der Waals surface area contributed by atoms with Gasteiger partial charge < -0.3 is 15.3 Å². The van der Waals surface area contributed by atoms with E-state index in [2.05, 4.69) is 27.5 Å². The van der Waals surface area contributed by atoms with Gasteiger partial charge in [-0.15, -0.1) is 0 Å². The quantitative estimate of drug-likeness (QED) is 0.398. The van der Waals surface area contributed by atoms with Crippen LogP contribution < -0.4 is 10.9 Å². The molecule has 5 rings (SSSR count). The zero-order valence-electron chi connectivity index (χ0n) is 21.3. The second-order valence-corrected chi connectivity index (χ2v) is 9.14. The van der Waals surface area contributed by atoms with Gasteiger partial charge in [-0.2, -0.15) is 4.98 Å². The molecule has 0 spiro atoms. The number of fused-ring (bicyclic) bond motifs is 1. The van der Waals surface area contributed by atoms with Crippen molar-refractivity contribution in [1.29, 1.82) is 0 Å². The fourth-order valence-corrected chi connectivity index (χ4v) is 4.77. The van der Waals surface area contributed by atoms with Crippen LogP contribution in [0.1, 0.15) is 12.8 Å². The molecule has 37 heavy (non-hydrogen) atoms. The number of rotatable bonds is 6. The van der Waals surface area contributed by atoms with Gasteiger partial charge in [0.1, 0.15) is 24.9 Å². The van der Waals surface area contributed by atoms with Crippen molar-refractivity contribution >= 4 is 29.1 Å². The van der Waals surface area contributed by atoms with E-state index >= 15 is 0 Å². The zero-order valence-corrected chi connectivity index (χ0v) is 21.3. The fraction of sp³-hybridized carbons (Fsp3) is 0.321. The lowest BCUT2D eigenvalue weighted by Gasteiger charge is -2.18. The Morgan fingerprint density at radius 2 is 2.08 bits per heavy atom. The van der Waals surface area contributed by atoms with Crippen molar-refractivity contribution in [1.82, 2.24) is 19.4 Å². The topological polar surface area (TPSA) is 103 Å². The molecule has 9 heteroatoms. The molecular formula is C28H33N6O3+. The Morgan fingerprint density at radius 3 is 2.81 bits per heavy atom. The van der Waals surface area contributed by atoms with Gasteiger partial charge in [-0.05, 0) is 36.1 Å². The average molecular weight is 502 g/mol. The number of aliphatic hydroxyl groups excluding tert-OH is 1. The largest absolute Gasteiger partial charge is 0.400 e. The molecule has 1 atom stereocenters. The van der Waals surface area contributed by atoms with Gasteiger partial charge in [0.25, 0.3) is 5.56 Å². The number of carbonyl (C=O) groups is 1. The van der Waals surface area contributed by atoms with Crippen LogP contribution >= 0.6 is 0 Å². The van der Waals surface area contributed by atoms with Crippen molar-refractivity contribution < 1.29 is 14.5 Å². The predicted octanol–water partition coefficient (Wildman–Crippen LogP) is 2.51. The molecule has 2 aliphatic heterocycles. The number of nitrogens with zero attached hydrogens (tertiary/aromatic N) is 5. The first kappa shape index (κ1) is 26.0. The van der Waals surface area contributed by atoms with Gasteiger partial charge in [0.15, 0.2) is 6.21 Å². The Kier molecular flexibility index (Phi) is 8.25. The van der Waals surface area contributed by atoms with Crippen molar-refractivity contribution in [2.24, 2.45) is 5.92 Å². The van der Waals surface area contributed by atoms with Gasteiger partial charge in [-0.25, -0.2) is 9.56 Å². The number of likely N-dealkylation sites (tertiary alicyclic amines) is 1. The van der Waals surface area contributed by atoms with E-state index in [0.29, 0.717) is 36.8 Å². The minimum absolute atomic E-state index is 0.0708. The van der Waals surface area contributed by atoms with E-state index in [1.54, 1.807) is 15.7 Å². The minimum Gasteiger partial charge on any atom is -0.400 e. The predicted molar refractivity (Wildman–Crippen MR) is 146 cm³/mol. The third kappa shape index (κ3) is 5.83. The molecule has 0 radical (unpaired) electrons. The van der Waals surface area contributed by atoms with Gasteiger partial charge in [0.2, 0.25) is 11.9 Å². The number of hydrogen-bond donors (Lipinski definition) is 2. The normalized spacial score (nSPS) is 16.9. The molecule has 1 unspecified atom stereocenters. The highest BCUT2D eigenvalue weighted by Gasteiger charge is 2.26. The van der Waals surface area contributed by atoms with Gasteiger partial charge >= 0.3 is 0 Å². The third-order valence-electron chi connectivity index (χ3n) is 6.59. The van der Waals surface area contributed by atoms with E-state index in [0.717, 1.165) is 43.1 Å². The number of benzene rings is 1. The summed E-state index contributed by atoms with van der Waals surface area (Å²) in [6, 6.07) is 11.5. The fourth-order valence-electron chi connectivity index (χ4n) is 4.77. The van der Waals surface area contributed by atoms with Crippen LogP contribution in [0, 0.1) is 5.92 Å². The van der Waals surface area contributed by atoms with E-state index in [4.69, 9.17) is 10.1 Å². The summed E-state index contributed by atoms with van der Waals surface area (Å²) in [6.07, 6.45) is 9.01. The lowest BCUT2D eigenvalue weighted by molar-refractivity contribution is -0.492. The first-order valence-corrected chi connectivity index (χ1v) is 12.4. The highest BCUT2D eigenvalue weighted by molar-refractivity contribution is 5.87. The number of nitrogens with one attached hydrogen (secondary N) is 1. The summed E-state index contributed by atoms with van der Waals surface area (Å²) < 4.78 is 3.87. The highest BCUT2D eigenvalue weighted by Crippen LogP contribution is 2.24. The standard InChI is InChI=1S/C27H28N6O2.CH4O/c1-3-24(34)32-13-11-19(16-32)17-33-25-21(14-23(26(33)35)20-8-5-4-6-9-20)15-28-27(30-25)29-22-10-7-12-31(2)18-22;1-2/h3-6,8-10,14-15,18-19H,1,7,11-13,16-17H2,2H3;2H,1H3/p+1. The van der Waals surface area contributed by atoms with Gasteiger partial charge in [-0.3, -0.25) is 14.2 Å². The second-order valence-electron chi connectivity index (χ2n) is 9.14. The minimum atomic E-state index is -0.0926. The molecule has 0 aliphatic carbocycles. The molecule has 1 fully saturated rings. The maximum Gasteiger partial charge on any atom is 0.260 e. The maximum atomic E-state index is 13.7. The smallest absolute Gasteiger partial charge is 0.260 e. The monoisotopic (exact) mass is 501 g/mol. The number of allylic oxidation sites excluding steroid dienone is 1. The molecule has 1 amide bonds. The second kappa shape index (κ2) is 11.7. The summed E-state index contributed by atoms with van der Waals surface area (Å²) >= 11 is 0. The van der Waals surface area contributed by atoms with E-state index in [9.17, 15) is 9.59 Å². The molecule has 9 nitrogen and oxygen atoms in total. The van der Waals surface area contributed by atoms with Crippen LogP contribution in [0.4, 0.5) is 5.95 Å². The number of carbonyl (C=O) groups excluding carboxylic acids is 1. The Bertz CT molecular complexity index is 1410. The molecule has 192 valence electrons. The molecular weight excluding hydrogens is 468 g/mol. The number of anilines is 1. The Morgan fingerprint density at radius 1 is 1.30 bits per heavy atom. The molecule has 2 aromatic heterocycles. The molecule has 1 aromatic carbocycles. The Hall–Kier alpha value is -4.11. The Labute approximate surface area is 216 Å². The van der Waals surface area contributed by atoms with Crippen LogP contribution in [0.25, 0.3) is 22.2 Å². The van der Waals surface area contributed by atoms with Crippen molar-refractivity contribution in [2.45, 2.75) is 19.4 Å². The van der Waals surface area contributed by atoms with Crippen molar-refractivity contribution in [3.05, 3.63) is 77.4 Å². The first-order chi connectivity index (χ1) is 18.0. The highest BCUT2D eigenvalue weighted by atomic mass is 16.2. The van der Waals surface area contributed by atoms with Crippen LogP contribution in [0.15, 0.2) is 71.8 Å². The van der Waals surface area contributed by atoms with Crippen LogP contribution in [-0.4, -0.2) is 75.0 Å². The van der Waals surface area contributed by atoms with Crippen molar-refractivity contribution in [3.8, 4) is 11.1 Å². The number of aromatic nitrogens is 3. The van der Waals surface area contributed by atoms with Gasteiger partial charge in [-0.1, -0.05) is 36.9 Å². The molecule has 2 N–H and O–H groups in total. The van der Waals surface area contributed by atoms with Crippen LogP contribution in [0.3, 0.4) is 0 Å². The lowest BCUT2D eigenvalue weighted by atomic mass is 10.0. The summed E-state index contributed by atoms with van der Waals surface area (Å²) in [7, 11) is 3.03. The zero-order chi connectivity index (χ0) is 26.4. The Balaban J connectivity index is 0.00000156. The lowest BCUT2D eigenvalue weighted by Crippen LogP contribution is -2.30. The molecule has 0 saturated carbocycles. The summed E-state index contributed by atoms with van der Waals surface area (Å²) in [6.45, 7) is 6.31. The van der Waals surface area contributed by atoms with Crippen LogP contribution in [0.2, 0.25) is 0 Å². The number of hydrogen-bond acceptors (Lipinski definition) is 6. The molecule has 3 aromatic rings. The van der Waals surface area contributed by atoms with Crippen LogP contribution in [0.5, 0.6) is 0 Å². The van der Waals surface area contributed by atoms with E-state index in [1.165, 1.54) is 6.08 Å². The van der Waals surface area contributed by atoms with Crippen molar-refractivity contribution in [2.75, 3.05) is 39.1 Å². The van der Waals surface area contributed by atoms with Crippen molar-refractivity contribution in [3.63, 3.8) is 0 Å². The summed E-state index contributed by atoms with van der Waals surface area (Å²) in [5, 5.41) is 11.1. The molecule has 2 aliphatic rings. The van der Waals surface area contributed by atoms with Crippen LogP contribution in [-0.2, 0) is 11.3 Å². The van der Waals surface area contributed by atoms with E-state index in [1.807, 2.05) is 49.7 Å². The molecule has 0 bridgehead atoms. The first-order valence-electron chi connectivity index (χ1n) is 12.4. The molecule has 4 heterocycles. The van der Waals surface area contributed by atoms with E-state index in [-0.39, 0.29) is 17.4 Å². The van der Waals surface area contributed by atoms with Gasteiger partial charge in [0, 0.05) is 50.3 Å².